The second kappa shape index (κ2) is 8.79. The van der Waals surface area contributed by atoms with Crippen LogP contribution in [0.4, 0.5) is 5.69 Å². The van der Waals surface area contributed by atoms with Crippen molar-refractivity contribution in [3.8, 4) is 0 Å². The van der Waals surface area contributed by atoms with Gasteiger partial charge in [0, 0.05) is 42.9 Å². The minimum absolute atomic E-state index is 0.822. The van der Waals surface area contributed by atoms with Crippen molar-refractivity contribution in [2.75, 3.05) is 31.5 Å². The molecule has 1 fully saturated rings. The van der Waals surface area contributed by atoms with Gasteiger partial charge in [-0.05, 0) is 54.9 Å². The topological polar surface area (TPSA) is 18.5 Å². The van der Waals surface area contributed by atoms with Crippen molar-refractivity contribution in [2.45, 2.75) is 19.9 Å². The minimum Gasteiger partial charge on any atom is -0.348 e. The first-order valence-corrected chi connectivity index (χ1v) is 9.90. The van der Waals surface area contributed by atoms with E-state index in [4.69, 9.17) is 12.2 Å². The third-order valence-electron chi connectivity index (χ3n) is 4.53. The van der Waals surface area contributed by atoms with Gasteiger partial charge in [0.25, 0.3) is 0 Å². The fourth-order valence-electron chi connectivity index (χ4n) is 3.10. The maximum absolute atomic E-state index is 5.65. The Morgan fingerprint density at radius 1 is 1.08 bits per heavy atom. The number of nitrogens with one attached hydrogen (secondary N) is 1. The first-order valence-electron chi connectivity index (χ1n) is 8.70. The number of aryl methyl sites for hydroxylation is 1. The molecule has 0 atom stereocenters. The predicted octanol–water partition coefficient (Wildman–Crippen LogP) is 4.66. The molecule has 2 aromatic carbocycles. The van der Waals surface area contributed by atoms with E-state index in [1.807, 2.05) is 0 Å². The predicted molar refractivity (Wildman–Crippen MR) is 113 cm³/mol. The van der Waals surface area contributed by atoms with Gasteiger partial charge in [0.05, 0.1) is 0 Å². The standard InChI is InChI=1S/C20H24BrN3S/c1-16-14-18(8-9-19(16)21)22-20(25)24-11-5-10-23(12-13-24)15-17-6-3-2-4-7-17/h2-4,6-9,14H,5,10-13,15H2,1H3,(H,22,25). The molecular weight excluding hydrogens is 394 g/mol. The number of hydrogen-bond donors (Lipinski definition) is 1. The van der Waals surface area contributed by atoms with Gasteiger partial charge in [-0.2, -0.15) is 0 Å². The van der Waals surface area contributed by atoms with E-state index in [9.17, 15) is 0 Å². The molecule has 5 heteroatoms. The lowest BCUT2D eigenvalue weighted by Gasteiger charge is -2.25. The highest BCUT2D eigenvalue weighted by Crippen LogP contribution is 2.20. The maximum atomic E-state index is 5.65. The zero-order valence-electron chi connectivity index (χ0n) is 14.5. The van der Waals surface area contributed by atoms with E-state index in [2.05, 4.69) is 86.5 Å². The van der Waals surface area contributed by atoms with Crippen LogP contribution in [0.1, 0.15) is 17.5 Å². The monoisotopic (exact) mass is 417 g/mol. The molecule has 0 amide bonds. The fraction of sp³-hybridized carbons (Fsp3) is 0.350. The minimum atomic E-state index is 0.822. The van der Waals surface area contributed by atoms with Crippen LogP contribution in [0.2, 0.25) is 0 Å². The summed E-state index contributed by atoms with van der Waals surface area (Å²) in [6.07, 6.45) is 1.13. The van der Waals surface area contributed by atoms with E-state index < -0.39 is 0 Å². The van der Waals surface area contributed by atoms with E-state index >= 15 is 0 Å². The van der Waals surface area contributed by atoms with E-state index in [0.29, 0.717) is 0 Å². The highest BCUT2D eigenvalue weighted by atomic mass is 79.9. The lowest BCUT2D eigenvalue weighted by Crippen LogP contribution is -2.37. The van der Waals surface area contributed by atoms with Crippen LogP contribution in [-0.4, -0.2) is 41.1 Å². The molecule has 3 nitrogen and oxygen atoms in total. The number of benzene rings is 2. The Morgan fingerprint density at radius 3 is 2.64 bits per heavy atom. The van der Waals surface area contributed by atoms with Crippen LogP contribution in [0, 0.1) is 6.92 Å². The average molecular weight is 418 g/mol. The van der Waals surface area contributed by atoms with Crippen LogP contribution in [0.25, 0.3) is 0 Å². The molecule has 1 heterocycles. The van der Waals surface area contributed by atoms with Gasteiger partial charge in [-0.3, -0.25) is 4.90 Å². The van der Waals surface area contributed by atoms with Gasteiger partial charge in [-0.25, -0.2) is 0 Å². The first-order chi connectivity index (χ1) is 12.1. The van der Waals surface area contributed by atoms with E-state index in [0.717, 1.165) is 54.4 Å². The number of halogens is 1. The Morgan fingerprint density at radius 2 is 1.88 bits per heavy atom. The van der Waals surface area contributed by atoms with Crippen molar-refractivity contribution in [1.29, 1.82) is 0 Å². The summed E-state index contributed by atoms with van der Waals surface area (Å²) in [6, 6.07) is 16.9. The van der Waals surface area contributed by atoms with Crippen molar-refractivity contribution < 1.29 is 0 Å². The van der Waals surface area contributed by atoms with Crippen LogP contribution < -0.4 is 5.32 Å². The summed E-state index contributed by atoms with van der Waals surface area (Å²) in [5.41, 5.74) is 3.63. The highest BCUT2D eigenvalue weighted by molar-refractivity contribution is 9.10. The van der Waals surface area contributed by atoms with Crippen molar-refractivity contribution in [3.63, 3.8) is 0 Å². The van der Waals surface area contributed by atoms with Crippen LogP contribution in [0.5, 0.6) is 0 Å². The zero-order valence-corrected chi connectivity index (χ0v) is 16.9. The van der Waals surface area contributed by atoms with Crippen LogP contribution in [0.3, 0.4) is 0 Å². The number of hydrogen-bond acceptors (Lipinski definition) is 2. The molecular formula is C20H24BrN3S. The van der Waals surface area contributed by atoms with E-state index in [1.54, 1.807) is 0 Å². The summed E-state index contributed by atoms with van der Waals surface area (Å²) in [6.45, 7) is 7.23. The van der Waals surface area contributed by atoms with E-state index in [1.165, 1.54) is 11.1 Å². The molecule has 0 aromatic heterocycles. The molecule has 3 rings (SSSR count). The van der Waals surface area contributed by atoms with Gasteiger partial charge in [0.15, 0.2) is 5.11 Å². The molecule has 25 heavy (non-hydrogen) atoms. The van der Waals surface area contributed by atoms with Crippen molar-refractivity contribution in [1.82, 2.24) is 9.80 Å². The molecule has 1 aliphatic heterocycles. The Kier molecular flexibility index (Phi) is 6.45. The van der Waals surface area contributed by atoms with Crippen molar-refractivity contribution >= 4 is 38.9 Å². The van der Waals surface area contributed by atoms with Gasteiger partial charge in [0.1, 0.15) is 0 Å². The smallest absolute Gasteiger partial charge is 0.173 e. The van der Waals surface area contributed by atoms with Crippen LogP contribution >= 0.6 is 28.1 Å². The third kappa shape index (κ3) is 5.27. The lowest BCUT2D eigenvalue weighted by atomic mass is 10.2. The second-order valence-electron chi connectivity index (χ2n) is 6.50. The number of nitrogens with zero attached hydrogens (tertiary/aromatic N) is 2. The molecule has 0 radical (unpaired) electrons. The van der Waals surface area contributed by atoms with Gasteiger partial charge in [-0.15, -0.1) is 0 Å². The summed E-state index contributed by atoms with van der Waals surface area (Å²) in [7, 11) is 0. The quantitative estimate of drug-likeness (QED) is 0.731. The number of thiocarbonyl (C=S) groups is 1. The highest BCUT2D eigenvalue weighted by Gasteiger charge is 2.17. The first kappa shape index (κ1) is 18.4. The Hall–Kier alpha value is -1.43. The average Bonchev–Trinajstić information content (AvgIpc) is 2.85. The summed E-state index contributed by atoms with van der Waals surface area (Å²) in [5, 5.41) is 4.21. The summed E-state index contributed by atoms with van der Waals surface area (Å²) < 4.78 is 1.12. The summed E-state index contributed by atoms with van der Waals surface area (Å²) >= 11 is 9.18. The zero-order chi connectivity index (χ0) is 17.6. The molecule has 1 N–H and O–H groups in total. The SMILES string of the molecule is Cc1cc(NC(=S)N2CCCN(Cc3ccccc3)CC2)ccc1Br. The van der Waals surface area contributed by atoms with Crippen LogP contribution in [0.15, 0.2) is 53.0 Å². The fourth-order valence-corrected chi connectivity index (χ4v) is 3.65. The normalized spacial score (nSPS) is 15.7. The molecule has 0 bridgehead atoms. The van der Waals surface area contributed by atoms with Gasteiger partial charge in [0.2, 0.25) is 0 Å². The largest absolute Gasteiger partial charge is 0.348 e. The summed E-state index contributed by atoms with van der Waals surface area (Å²) in [5.74, 6) is 0. The lowest BCUT2D eigenvalue weighted by molar-refractivity contribution is 0.278. The third-order valence-corrected chi connectivity index (χ3v) is 5.78. The molecule has 0 saturated carbocycles. The molecule has 0 unspecified atom stereocenters. The Labute approximate surface area is 164 Å². The van der Waals surface area contributed by atoms with Crippen molar-refractivity contribution in [3.05, 3.63) is 64.1 Å². The number of rotatable bonds is 3. The molecule has 0 spiro atoms. The van der Waals surface area contributed by atoms with Gasteiger partial charge in [-0.1, -0.05) is 46.3 Å². The second-order valence-corrected chi connectivity index (χ2v) is 7.74. The van der Waals surface area contributed by atoms with Crippen LogP contribution in [-0.2, 0) is 6.54 Å². The number of anilines is 1. The summed E-state index contributed by atoms with van der Waals surface area (Å²) in [4.78, 5) is 4.80. The maximum Gasteiger partial charge on any atom is 0.173 e. The van der Waals surface area contributed by atoms with Crippen molar-refractivity contribution in [2.24, 2.45) is 0 Å². The molecule has 1 saturated heterocycles. The Bertz CT molecular complexity index is 720. The molecule has 132 valence electrons. The molecule has 1 aliphatic rings. The van der Waals surface area contributed by atoms with Gasteiger partial charge < -0.3 is 10.2 Å². The molecule has 0 aliphatic carbocycles. The molecule has 2 aromatic rings. The van der Waals surface area contributed by atoms with E-state index in [-0.39, 0.29) is 0 Å². The Balaban J connectivity index is 1.55. The van der Waals surface area contributed by atoms with Gasteiger partial charge >= 0.3 is 0 Å².